The van der Waals surface area contributed by atoms with Gasteiger partial charge in [0.1, 0.15) is 5.82 Å². The molecular formula is C23H25FN6O. The molecule has 1 atom stereocenters. The van der Waals surface area contributed by atoms with Crippen LogP contribution >= 0.6 is 0 Å². The summed E-state index contributed by atoms with van der Waals surface area (Å²) in [4.78, 5) is 26.3. The van der Waals surface area contributed by atoms with Gasteiger partial charge in [-0.25, -0.2) is 14.4 Å². The van der Waals surface area contributed by atoms with Gasteiger partial charge in [0.25, 0.3) is 0 Å². The maximum atomic E-state index is 14.1. The van der Waals surface area contributed by atoms with E-state index in [0.29, 0.717) is 12.1 Å². The quantitative estimate of drug-likeness (QED) is 0.683. The Bertz CT molecular complexity index is 1080. The van der Waals surface area contributed by atoms with Crippen LogP contribution in [0, 0.1) is 5.82 Å². The van der Waals surface area contributed by atoms with Crippen LogP contribution in [-0.2, 0) is 11.2 Å². The highest BCUT2D eigenvalue weighted by Crippen LogP contribution is 2.36. The minimum atomic E-state index is -0.343. The maximum Gasteiger partial charge on any atom is 0.227 e. The van der Waals surface area contributed by atoms with Gasteiger partial charge in [0.05, 0.1) is 30.0 Å². The smallest absolute Gasteiger partial charge is 0.227 e. The van der Waals surface area contributed by atoms with E-state index in [-0.39, 0.29) is 24.2 Å². The number of carbonyl (C=O) groups excluding carboxylic acids is 1. The van der Waals surface area contributed by atoms with E-state index < -0.39 is 0 Å². The molecule has 8 heteroatoms. The highest BCUT2D eigenvalue weighted by atomic mass is 19.1. The SMILES string of the molecule is O=C(Cc1ccccc1F)N1CCCC1c1[nH]ncc1-c1ccnc(N2CCCC2)n1. The fourth-order valence-electron chi connectivity index (χ4n) is 4.59. The van der Waals surface area contributed by atoms with E-state index in [2.05, 4.69) is 20.1 Å². The lowest BCUT2D eigenvalue weighted by atomic mass is 10.0. The highest BCUT2D eigenvalue weighted by Gasteiger charge is 2.33. The molecule has 0 aliphatic carbocycles. The molecule has 2 fully saturated rings. The molecule has 7 nitrogen and oxygen atoms in total. The number of aromatic amines is 1. The number of rotatable bonds is 5. The number of benzene rings is 1. The lowest BCUT2D eigenvalue weighted by Crippen LogP contribution is -2.32. The van der Waals surface area contributed by atoms with E-state index in [1.54, 1.807) is 30.6 Å². The van der Waals surface area contributed by atoms with Crippen molar-refractivity contribution in [3.05, 3.63) is 59.8 Å². The second kappa shape index (κ2) is 8.45. The minimum absolute atomic E-state index is 0.0548. The third-order valence-electron chi connectivity index (χ3n) is 6.18. The van der Waals surface area contributed by atoms with E-state index in [1.165, 1.54) is 6.07 Å². The normalized spacial score (nSPS) is 18.7. The third kappa shape index (κ3) is 3.89. The average molecular weight is 420 g/mol. The summed E-state index contributed by atoms with van der Waals surface area (Å²) < 4.78 is 14.1. The molecule has 4 heterocycles. The monoisotopic (exact) mass is 420 g/mol. The molecule has 1 N–H and O–H groups in total. The number of carbonyl (C=O) groups is 1. The first kappa shape index (κ1) is 19.7. The van der Waals surface area contributed by atoms with Gasteiger partial charge in [0.15, 0.2) is 0 Å². The number of H-pyrrole nitrogens is 1. The van der Waals surface area contributed by atoms with E-state index in [9.17, 15) is 9.18 Å². The fourth-order valence-corrected chi connectivity index (χ4v) is 4.59. The topological polar surface area (TPSA) is 78.0 Å². The number of hydrogen-bond acceptors (Lipinski definition) is 5. The van der Waals surface area contributed by atoms with Crippen LogP contribution in [0.1, 0.15) is 43.0 Å². The van der Waals surface area contributed by atoms with Crippen molar-refractivity contribution in [3.63, 3.8) is 0 Å². The molecule has 0 spiro atoms. The van der Waals surface area contributed by atoms with Gasteiger partial charge in [-0.15, -0.1) is 0 Å². The Morgan fingerprint density at radius 2 is 1.97 bits per heavy atom. The van der Waals surface area contributed by atoms with E-state index >= 15 is 0 Å². The molecule has 2 aromatic heterocycles. The van der Waals surface area contributed by atoms with Crippen molar-refractivity contribution < 1.29 is 9.18 Å². The van der Waals surface area contributed by atoms with E-state index in [1.807, 2.05) is 11.0 Å². The van der Waals surface area contributed by atoms with Gasteiger partial charge in [0, 0.05) is 31.4 Å². The Labute approximate surface area is 180 Å². The molecule has 0 bridgehead atoms. The van der Waals surface area contributed by atoms with Gasteiger partial charge < -0.3 is 9.80 Å². The molecule has 2 aliphatic heterocycles. The van der Waals surface area contributed by atoms with Crippen molar-refractivity contribution in [3.8, 4) is 11.3 Å². The van der Waals surface area contributed by atoms with Gasteiger partial charge in [0.2, 0.25) is 11.9 Å². The Morgan fingerprint density at radius 1 is 1.13 bits per heavy atom. The number of halogens is 1. The van der Waals surface area contributed by atoms with Crippen LogP contribution in [0.2, 0.25) is 0 Å². The Hall–Kier alpha value is -3.29. The zero-order chi connectivity index (χ0) is 21.2. The van der Waals surface area contributed by atoms with Crippen LogP contribution in [0.4, 0.5) is 10.3 Å². The van der Waals surface area contributed by atoms with Crippen LogP contribution in [0.5, 0.6) is 0 Å². The number of aromatic nitrogens is 4. The first-order chi connectivity index (χ1) is 15.2. The molecule has 0 saturated carbocycles. The van der Waals surface area contributed by atoms with Crippen molar-refractivity contribution in [1.82, 2.24) is 25.1 Å². The van der Waals surface area contributed by atoms with Crippen LogP contribution in [0.15, 0.2) is 42.7 Å². The number of anilines is 1. The van der Waals surface area contributed by atoms with Gasteiger partial charge in [-0.1, -0.05) is 18.2 Å². The first-order valence-corrected chi connectivity index (χ1v) is 10.9. The molecular weight excluding hydrogens is 395 g/mol. The molecule has 1 aromatic carbocycles. The third-order valence-corrected chi connectivity index (χ3v) is 6.18. The van der Waals surface area contributed by atoms with Crippen molar-refractivity contribution in [2.75, 3.05) is 24.5 Å². The number of hydrogen-bond donors (Lipinski definition) is 1. The summed E-state index contributed by atoms with van der Waals surface area (Å²) in [5, 5.41) is 7.37. The van der Waals surface area contributed by atoms with Gasteiger partial charge >= 0.3 is 0 Å². The number of nitrogens with one attached hydrogen (secondary N) is 1. The summed E-state index contributed by atoms with van der Waals surface area (Å²) in [5.41, 5.74) is 2.99. The molecule has 3 aromatic rings. The Kier molecular flexibility index (Phi) is 5.36. The molecule has 5 rings (SSSR count). The fraction of sp³-hybridized carbons (Fsp3) is 0.391. The lowest BCUT2D eigenvalue weighted by molar-refractivity contribution is -0.131. The zero-order valence-corrected chi connectivity index (χ0v) is 17.3. The Balaban J connectivity index is 1.40. The van der Waals surface area contributed by atoms with Gasteiger partial charge in [-0.05, 0) is 43.4 Å². The van der Waals surface area contributed by atoms with E-state index in [4.69, 9.17) is 4.98 Å². The first-order valence-electron chi connectivity index (χ1n) is 10.9. The lowest BCUT2D eigenvalue weighted by Gasteiger charge is -2.25. The van der Waals surface area contributed by atoms with Crippen LogP contribution in [-0.4, -0.2) is 50.6 Å². The average Bonchev–Trinajstić information content (AvgIpc) is 3.56. The summed E-state index contributed by atoms with van der Waals surface area (Å²) >= 11 is 0. The van der Waals surface area contributed by atoms with E-state index in [0.717, 1.165) is 61.7 Å². The summed E-state index contributed by atoms with van der Waals surface area (Å²) in [6, 6.07) is 8.21. The molecule has 0 radical (unpaired) electrons. The molecule has 1 amide bonds. The molecule has 160 valence electrons. The second-order valence-corrected chi connectivity index (χ2v) is 8.15. The zero-order valence-electron chi connectivity index (χ0n) is 17.3. The van der Waals surface area contributed by atoms with Crippen molar-refractivity contribution in [1.29, 1.82) is 0 Å². The van der Waals surface area contributed by atoms with Crippen LogP contribution in [0.3, 0.4) is 0 Å². The van der Waals surface area contributed by atoms with Crippen molar-refractivity contribution in [2.45, 2.75) is 38.1 Å². The maximum absolute atomic E-state index is 14.1. The Morgan fingerprint density at radius 3 is 2.81 bits per heavy atom. The predicted octanol–water partition coefficient (Wildman–Crippen LogP) is 3.51. The van der Waals surface area contributed by atoms with Crippen molar-refractivity contribution in [2.24, 2.45) is 0 Å². The van der Waals surface area contributed by atoms with Gasteiger partial charge in [-0.2, -0.15) is 5.10 Å². The molecule has 1 unspecified atom stereocenters. The number of likely N-dealkylation sites (tertiary alicyclic amines) is 1. The number of nitrogens with zero attached hydrogens (tertiary/aromatic N) is 5. The van der Waals surface area contributed by atoms with Crippen LogP contribution in [0.25, 0.3) is 11.3 Å². The summed E-state index contributed by atoms with van der Waals surface area (Å²) in [6.45, 7) is 2.60. The van der Waals surface area contributed by atoms with Crippen LogP contribution < -0.4 is 4.90 Å². The molecule has 2 aliphatic rings. The standard InChI is InChI=1S/C23H25FN6O/c24-18-7-2-1-6-16(18)14-21(31)30-13-5-8-20(30)22-17(15-26-28-22)19-9-10-25-23(27-19)29-11-3-4-12-29/h1-2,6-7,9-10,15,20H,3-5,8,11-14H2,(H,26,28). The molecule has 31 heavy (non-hydrogen) atoms. The largest absolute Gasteiger partial charge is 0.341 e. The number of amides is 1. The highest BCUT2D eigenvalue weighted by molar-refractivity contribution is 5.80. The minimum Gasteiger partial charge on any atom is -0.341 e. The predicted molar refractivity (Wildman–Crippen MR) is 115 cm³/mol. The second-order valence-electron chi connectivity index (χ2n) is 8.15. The summed E-state index contributed by atoms with van der Waals surface area (Å²) in [6.07, 6.45) is 7.65. The molecule has 2 saturated heterocycles. The van der Waals surface area contributed by atoms with Crippen molar-refractivity contribution >= 4 is 11.9 Å². The van der Waals surface area contributed by atoms with Gasteiger partial charge in [-0.3, -0.25) is 9.89 Å². The summed E-state index contributed by atoms with van der Waals surface area (Å²) in [5.74, 6) is 0.318. The summed E-state index contributed by atoms with van der Waals surface area (Å²) in [7, 11) is 0.